The SMILES string of the molecule is CCSCc1ccc(OCOC=O)cc1. The number of ether oxygens (including phenoxy) is 2. The van der Waals surface area contributed by atoms with Crippen LogP contribution in [0.1, 0.15) is 12.5 Å². The zero-order valence-electron chi connectivity index (χ0n) is 8.64. The zero-order chi connectivity index (χ0) is 10.9. The first-order valence-corrected chi connectivity index (χ1v) is 5.87. The molecule has 15 heavy (non-hydrogen) atoms. The minimum Gasteiger partial charge on any atom is -0.457 e. The van der Waals surface area contributed by atoms with Gasteiger partial charge in [0.05, 0.1) is 0 Å². The summed E-state index contributed by atoms with van der Waals surface area (Å²) in [6, 6.07) is 7.78. The van der Waals surface area contributed by atoms with Gasteiger partial charge in [-0.2, -0.15) is 11.8 Å². The molecule has 0 fully saturated rings. The Morgan fingerprint density at radius 3 is 2.67 bits per heavy atom. The van der Waals surface area contributed by atoms with E-state index in [4.69, 9.17) is 4.74 Å². The molecule has 0 amide bonds. The Morgan fingerprint density at radius 2 is 2.07 bits per heavy atom. The lowest BCUT2D eigenvalue weighted by molar-refractivity contribution is -0.134. The van der Waals surface area contributed by atoms with E-state index in [1.165, 1.54) is 5.56 Å². The summed E-state index contributed by atoms with van der Waals surface area (Å²) < 4.78 is 9.57. The van der Waals surface area contributed by atoms with E-state index in [1.807, 2.05) is 36.0 Å². The minimum absolute atomic E-state index is 0.0352. The topological polar surface area (TPSA) is 35.5 Å². The van der Waals surface area contributed by atoms with Crippen molar-refractivity contribution in [2.75, 3.05) is 12.5 Å². The van der Waals surface area contributed by atoms with Crippen LogP contribution in [-0.4, -0.2) is 19.0 Å². The van der Waals surface area contributed by atoms with Gasteiger partial charge in [-0.05, 0) is 23.4 Å². The summed E-state index contributed by atoms with van der Waals surface area (Å²) in [5.74, 6) is 2.84. The predicted molar refractivity (Wildman–Crippen MR) is 60.9 cm³/mol. The van der Waals surface area contributed by atoms with Crippen molar-refractivity contribution in [2.45, 2.75) is 12.7 Å². The molecule has 3 nitrogen and oxygen atoms in total. The van der Waals surface area contributed by atoms with Gasteiger partial charge >= 0.3 is 0 Å². The molecule has 4 heteroatoms. The van der Waals surface area contributed by atoms with Crippen molar-refractivity contribution >= 4 is 18.2 Å². The molecule has 0 heterocycles. The Hall–Kier alpha value is -1.16. The van der Waals surface area contributed by atoms with E-state index >= 15 is 0 Å². The number of benzene rings is 1. The van der Waals surface area contributed by atoms with E-state index in [-0.39, 0.29) is 6.79 Å². The van der Waals surface area contributed by atoms with Gasteiger partial charge in [-0.25, -0.2) is 0 Å². The normalized spacial score (nSPS) is 9.67. The van der Waals surface area contributed by atoms with Crippen molar-refractivity contribution < 1.29 is 14.3 Å². The van der Waals surface area contributed by atoms with E-state index in [9.17, 15) is 4.79 Å². The Kier molecular flexibility index (Phi) is 5.70. The number of carbonyl (C=O) groups excluding carboxylic acids is 1. The van der Waals surface area contributed by atoms with Crippen molar-refractivity contribution in [1.29, 1.82) is 0 Å². The Bertz CT molecular complexity index is 284. The first-order chi connectivity index (χ1) is 7.36. The van der Waals surface area contributed by atoms with Crippen molar-refractivity contribution in [3.05, 3.63) is 29.8 Å². The largest absolute Gasteiger partial charge is 0.457 e. The molecular formula is C11H14O3S. The first-order valence-electron chi connectivity index (χ1n) is 4.71. The Morgan fingerprint density at radius 1 is 1.33 bits per heavy atom. The fourth-order valence-electron chi connectivity index (χ4n) is 1.03. The van der Waals surface area contributed by atoms with Crippen LogP contribution in [0, 0.1) is 0 Å². The summed E-state index contributed by atoms with van der Waals surface area (Å²) in [4.78, 5) is 9.86. The summed E-state index contributed by atoms with van der Waals surface area (Å²) in [6.07, 6.45) is 0. The van der Waals surface area contributed by atoms with Gasteiger partial charge in [-0.3, -0.25) is 4.79 Å². The quantitative estimate of drug-likeness (QED) is 0.406. The molecule has 0 atom stereocenters. The summed E-state index contributed by atoms with van der Waals surface area (Å²) in [5, 5.41) is 0. The van der Waals surface area contributed by atoms with Crippen LogP contribution >= 0.6 is 11.8 Å². The molecule has 0 saturated carbocycles. The Balaban J connectivity index is 2.38. The van der Waals surface area contributed by atoms with E-state index in [1.54, 1.807) is 0 Å². The van der Waals surface area contributed by atoms with Crippen LogP contribution in [-0.2, 0) is 15.3 Å². The lowest BCUT2D eigenvalue weighted by Crippen LogP contribution is -2.00. The third-order valence-corrected chi connectivity index (χ3v) is 2.70. The summed E-state index contributed by atoms with van der Waals surface area (Å²) in [7, 11) is 0. The second-order valence-electron chi connectivity index (χ2n) is 2.81. The van der Waals surface area contributed by atoms with Crippen molar-refractivity contribution in [1.82, 2.24) is 0 Å². The van der Waals surface area contributed by atoms with Crippen molar-refractivity contribution in [2.24, 2.45) is 0 Å². The van der Waals surface area contributed by atoms with Crippen LogP contribution in [0.15, 0.2) is 24.3 Å². The highest BCUT2D eigenvalue weighted by atomic mass is 32.2. The molecule has 0 saturated heterocycles. The van der Waals surface area contributed by atoms with Crippen LogP contribution in [0.25, 0.3) is 0 Å². The minimum atomic E-state index is -0.0352. The lowest BCUT2D eigenvalue weighted by Gasteiger charge is -2.05. The van der Waals surface area contributed by atoms with Crippen LogP contribution in [0.2, 0.25) is 0 Å². The molecule has 0 aliphatic heterocycles. The second-order valence-corrected chi connectivity index (χ2v) is 4.08. The van der Waals surface area contributed by atoms with Crippen LogP contribution < -0.4 is 4.74 Å². The molecule has 0 aliphatic rings. The highest BCUT2D eigenvalue weighted by Crippen LogP contribution is 2.16. The summed E-state index contributed by atoms with van der Waals surface area (Å²) in [5.41, 5.74) is 1.27. The lowest BCUT2D eigenvalue weighted by atomic mass is 10.2. The molecular weight excluding hydrogens is 212 g/mol. The number of hydrogen-bond donors (Lipinski definition) is 0. The average Bonchev–Trinajstić information content (AvgIpc) is 2.28. The molecule has 1 rings (SSSR count). The van der Waals surface area contributed by atoms with Gasteiger partial charge in [-0.15, -0.1) is 0 Å². The molecule has 0 unspecified atom stereocenters. The van der Waals surface area contributed by atoms with Gasteiger partial charge in [0.2, 0.25) is 6.79 Å². The summed E-state index contributed by atoms with van der Waals surface area (Å²) >= 11 is 1.88. The van der Waals surface area contributed by atoms with E-state index in [0.29, 0.717) is 12.2 Å². The smallest absolute Gasteiger partial charge is 0.295 e. The highest BCUT2D eigenvalue weighted by Gasteiger charge is 1.95. The fraction of sp³-hybridized carbons (Fsp3) is 0.364. The third-order valence-electron chi connectivity index (χ3n) is 1.76. The number of thioether (sulfide) groups is 1. The van der Waals surface area contributed by atoms with Gasteiger partial charge in [0.25, 0.3) is 6.47 Å². The predicted octanol–water partition coefficient (Wildman–Crippen LogP) is 2.45. The number of rotatable bonds is 7. The number of carbonyl (C=O) groups is 1. The van der Waals surface area contributed by atoms with E-state index in [0.717, 1.165) is 11.5 Å². The molecule has 1 aromatic carbocycles. The molecule has 0 bridgehead atoms. The molecule has 0 radical (unpaired) electrons. The zero-order valence-corrected chi connectivity index (χ0v) is 9.46. The third kappa shape index (κ3) is 4.74. The summed E-state index contributed by atoms with van der Waals surface area (Å²) in [6.45, 7) is 2.47. The van der Waals surface area contributed by atoms with Gasteiger partial charge < -0.3 is 9.47 Å². The van der Waals surface area contributed by atoms with Crippen molar-refractivity contribution in [3.8, 4) is 5.75 Å². The maximum Gasteiger partial charge on any atom is 0.295 e. The molecule has 0 aliphatic carbocycles. The standard InChI is InChI=1S/C11H14O3S/c1-2-15-7-10-3-5-11(6-4-10)14-9-13-8-12/h3-6,8H,2,7,9H2,1H3. The van der Waals surface area contributed by atoms with Gasteiger partial charge in [0.15, 0.2) is 0 Å². The highest BCUT2D eigenvalue weighted by molar-refractivity contribution is 7.98. The van der Waals surface area contributed by atoms with Gasteiger partial charge in [-0.1, -0.05) is 19.1 Å². The number of hydrogen-bond acceptors (Lipinski definition) is 4. The molecule has 1 aromatic rings. The maximum absolute atomic E-state index is 9.86. The van der Waals surface area contributed by atoms with Crippen LogP contribution in [0.5, 0.6) is 5.75 Å². The van der Waals surface area contributed by atoms with Crippen LogP contribution in [0.3, 0.4) is 0 Å². The molecule has 0 spiro atoms. The van der Waals surface area contributed by atoms with Gasteiger partial charge in [0, 0.05) is 5.75 Å². The maximum atomic E-state index is 9.86. The van der Waals surface area contributed by atoms with E-state index in [2.05, 4.69) is 11.7 Å². The molecule has 82 valence electrons. The second kappa shape index (κ2) is 7.17. The van der Waals surface area contributed by atoms with E-state index < -0.39 is 0 Å². The molecule has 0 aromatic heterocycles. The van der Waals surface area contributed by atoms with Crippen molar-refractivity contribution in [3.63, 3.8) is 0 Å². The molecule has 0 N–H and O–H groups in total. The fourth-order valence-corrected chi connectivity index (χ4v) is 1.66. The monoisotopic (exact) mass is 226 g/mol. The Labute approximate surface area is 93.8 Å². The van der Waals surface area contributed by atoms with Crippen LogP contribution in [0.4, 0.5) is 0 Å². The average molecular weight is 226 g/mol. The first kappa shape index (κ1) is 11.9. The van der Waals surface area contributed by atoms with Gasteiger partial charge in [0.1, 0.15) is 5.75 Å².